The van der Waals surface area contributed by atoms with E-state index in [2.05, 4.69) is 15.8 Å². The number of para-hydroxylation sites is 1. The standard InChI is InChI=1S/C32H23ClF9N3O3/c33-20-13-18(12-19(14-20)31(37,38)39)29(32(40,41)42)15-26(45-48-29)24-10-11-25(23-9-5-4-8-22(23)24)28(46)43-16-27(44-17-30(34,35)36)47-21-6-2-1-3-7-21/h1-14,27,44H,15-17H2,(H,43,46). The van der Waals surface area contributed by atoms with Crippen LogP contribution in [0.3, 0.4) is 0 Å². The Kier molecular flexibility index (Phi) is 9.57. The number of oxime groups is 1. The van der Waals surface area contributed by atoms with Gasteiger partial charge in [0.15, 0.2) is 6.23 Å². The molecule has 1 aliphatic rings. The first-order valence-corrected chi connectivity index (χ1v) is 14.4. The summed E-state index contributed by atoms with van der Waals surface area (Å²) in [6.07, 6.45) is -17.1. The molecule has 1 amide bonds. The number of alkyl halides is 9. The van der Waals surface area contributed by atoms with Crippen molar-refractivity contribution < 1.29 is 53.9 Å². The first-order chi connectivity index (χ1) is 22.5. The van der Waals surface area contributed by atoms with Crippen LogP contribution in [0.15, 0.2) is 90.1 Å². The summed E-state index contributed by atoms with van der Waals surface area (Å²) in [6.45, 7) is -1.82. The van der Waals surface area contributed by atoms with E-state index >= 15 is 0 Å². The zero-order valence-corrected chi connectivity index (χ0v) is 25.0. The molecule has 6 nitrogen and oxygen atoms in total. The predicted octanol–water partition coefficient (Wildman–Crippen LogP) is 8.38. The number of ether oxygens (including phenoxy) is 1. The van der Waals surface area contributed by atoms with Gasteiger partial charge in [-0.1, -0.05) is 65.3 Å². The maximum Gasteiger partial charge on any atom is 0.435 e. The first kappa shape index (κ1) is 34.8. The largest absolute Gasteiger partial charge is 0.473 e. The number of hydrogen-bond donors (Lipinski definition) is 2. The van der Waals surface area contributed by atoms with Gasteiger partial charge in [-0.3, -0.25) is 10.1 Å². The van der Waals surface area contributed by atoms with Crippen LogP contribution >= 0.6 is 11.6 Å². The Bertz CT molecular complexity index is 1830. The molecule has 5 rings (SSSR count). The summed E-state index contributed by atoms with van der Waals surface area (Å²) in [7, 11) is 0. The second-order valence-electron chi connectivity index (χ2n) is 10.7. The number of hydrogen-bond acceptors (Lipinski definition) is 5. The molecule has 0 saturated heterocycles. The van der Waals surface area contributed by atoms with E-state index in [0.717, 1.165) is 6.07 Å². The highest BCUT2D eigenvalue weighted by atomic mass is 35.5. The molecule has 2 atom stereocenters. The van der Waals surface area contributed by atoms with Gasteiger partial charge >= 0.3 is 18.5 Å². The Balaban J connectivity index is 1.42. The number of benzene rings is 4. The van der Waals surface area contributed by atoms with Crippen molar-refractivity contribution in [3.8, 4) is 5.75 Å². The number of carbonyl (C=O) groups excluding carboxylic acids is 1. The highest BCUT2D eigenvalue weighted by Gasteiger charge is 2.62. The number of nitrogens with one attached hydrogen (secondary N) is 2. The molecule has 0 aromatic heterocycles. The Morgan fingerprint density at radius 1 is 0.896 bits per heavy atom. The van der Waals surface area contributed by atoms with Crippen LogP contribution in [-0.2, 0) is 16.6 Å². The summed E-state index contributed by atoms with van der Waals surface area (Å²) in [5, 5.41) is 8.25. The average molecular weight is 704 g/mol. The number of nitrogens with zero attached hydrogens (tertiary/aromatic N) is 1. The topological polar surface area (TPSA) is 72.0 Å². The molecule has 16 heteroatoms. The minimum Gasteiger partial charge on any atom is -0.473 e. The predicted molar refractivity (Wildman–Crippen MR) is 158 cm³/mol. The number of rotatable bonds is 9. The molecule has 0 spiro atoms. The third-order valence-electron chi connectivity index (χ3n) is 7.36. The van der Waals surface area contributed by atoms with Gasteiger partial charge in [0.05, 0.1) is 24.4 Å². The van der Waals surface area contributed by atoms with Crippen LogP contribution < -0.4 is 15.4 Å². The van der Waals surface area contributed by atoms with Crippen LogP contribution in [-0.4, -0.2) is 43.3 Å². The summed E-state index contributed by atoms with van der Waals surface area (Å²) in [5.41, 5.74) is -5.76. The molecule has 0 saturated carbocycles. The van der Waals surface area contributed by atoms with Crippen LogP contribution in [0.5, 0.6) is 5.75 Å². The molecule has 0 aliphatic carbocycles. The summed E-state index contributed by atoms with van der Waals surface area (Å²) < 4.78 is 128. The maximum absolute atomic E-state index is 14.6. The van der Waals surface area contributed by atoms with Crippen molar-refractivity contribution in [3.05, 3.63) is 112 Å². The van der Waals surface area contributed by atoms with Crippen LogP contribution in [0.4, 0.5) is 39.5 Å². The van der Waals surface area contributed by atoms with E-state index in [1.807, 2.05) is 0 Å². The van der Waals surface area contributed by atoms with Crippen LogP contribution in [0.2, 0.25) is 5.02 Å². The molecule has 0 fully saturated rings. The molecular weight excluding hydrogens is 681 g/mol. The van der Waals surface area contributed by atoms with Crippen molar-refractivity contribution >= 4 is 34.0 Å². The zero-order valence-electron chi connectivity index (χ0n) is 24.2. The van der Waals surface area contributed by atoms with Crippen LogP contribution in [0.25, 0.3) is 10.8 Å². The first-order valence-electron chi connectivity index (χ1n) is 14.0. The van der Waals surface area contributed by atoms with Gasteiger partial charge < -0.3 is 14.9 Å². The van der Waals surface area contributed by atoms with Crippen molar-refractivity contribution in [1.82, 2.24) is 10.6 Å². The lowest BCUT2D eigenvalue weighted by molar-refractivity contribution is -0.276. The van der Waals surface area contributed by atoms with Gasteiger partial charge in [0.1, 0.15) is 5.75 Å². The minimum absolute atomic E-state index is 0.0230. The normalized spacial score (nSPS) is 17.5. The smallest absolute Gasteiger partial charge is 0.435 e. The summed E-state index contributed by atoms with van der Waals surface area (Å²) >= 11 is 5.79. The van der Waals surface area contributed by atoms with Gasteiger partial charge in [-0.2, -0.15) is 39.5 Å². The van der Waals surface area contributed by atoms with Gasteiger partial charge in [-0.25, -0.2) is 0 Å². The summed E-state index contributed by atoms with van der Waals surface area (Å²) in [4.78, 5) is 18.2. The fourth-order valence-electron chi connectivity index (χ4n) is 5.11. The van der Waals surface area contributed by atoms with E-state index in [-0.39, 0.29) is 33.4 Å². The van der Waals surface area contributed by atoms with Gasteiger partial charge in [-0.05, 0) is 47.2 Å². The van der Waals surface area contributed by atoms with Crippen molar-refractivity contribution in [2.24, 2.45) is 5.16 Å². The molecule has 0 bridgehead atoms. The number of fused-ring (bicyclic) bond motifs is 1. The average Bonchev–Trinajstić information content (AvgIpc) is 3.48. The van der Waals surface area contributed by atoms with Crippen LogP contribution in [0.1, 0.15) is 33.5 Å². The van der Waals surface area contributed by atoms with Crippen molar-refractivity contribution in [1.29, 1.82) is 0 Å². The Hall–Kier alpha value is -4.50. The maximum atomic E-state index is 14.6. The Morgan fingerprint density at radius 3 is 2.21 bits per heavy atom. The van der Waals surface area contributed by atoms with Crippen molar-refractivity contribution in [2.75, 3.05) is 13.1 Å². The van der Waals surface area contributed by atoms with Gasteiger partial charge in [-0.15, -0.1) is 0 Å². The van der Waals surface area contributed by atoms with Gasteiger partial charge in [0.25, 0.3) is 11.5 Å². The molecule has 48 heavy (non-hydrogen) atoms. The molecule has 1 heterocycles. The quantitative estimate of drug-likeness (QED) is 0.136. The molecule has 0 radical (unpaired) electrons. The van der Waals surface area contributed by atoms with E-state index in [1.165, 1.54) is 42.5 Å². The zero-order chi connectivity index (χ0) is 34.9. The van der Waals surface area contributed by atoms with Crippen molar-refractivity contribution in [3.63, 3.8) is 0 Å². The van der Waals surface area contributed by atoms with Gasteiger partial charge in [0, 0.05) is 28.1 Å². The molecular formula is C32H23ClF9N3O3. The van der Waals surface area contributed by atoms with E-state index in [4.69, 9.17) is 21.2 Å². The second kappa shape index (κ2) is 13.2. The Morgan fingerprint density at radius 2 is 1.56 bits per heavy atom. The molecule has 2 unspecified atom stereocenters. The number of amides is 1. The molecule has 254 valence electrons. The lowest BCUT2D eigenvalue weighted by Crippen LogP contribution is -2.47. The third-order valence-corrected chi connectivity index (χ3v) is 7.57. The lowest BCUT2D eigenvalue weighted by Gasteiger charge is -2.30. The summed E-state index contributed by atoms with van der Waals surface area (Å²) in [5.74, 6) is -0.496. The highest BCUT2D eigenvalue weighted by molar-refractivity contribution is 6.30. The SMILES string of the molecule is O=C(NCC(NCC(F)(F)F)Oc1ccccc1)c1ccc(C2=NOC(c3cc(Cl)cc(C(F)(F)F)c3)(C(F)(F)F)C2)c2ccccc12. The number of halogens is 10. The fraction of sp³-hybridized carbons (Fsp3) is 0.250. The van der Waals surface area contributed by atoms with E-state index in [1.54, 1.807) is 24.3 Å². The molecule has 2 N–H and O–H groups in total. The van der Waals surface area contributed by atoms with E-state index in [9.17, 15) is 44.3 Å². The van der Waals surface area contributed by atoms with E-state index in [0.29, 0.717) is 12.1 Å². The number of carbonyl (C=O) groups is 1. The monoisotopic (exact) mass is 703 g/mol. The minimum atomic E-state index is -5.24. The van der Waals surface area contributed by atoms with Crippen molar-refractivity contribution in [2.45, 2.75) is 36.8 Å². The highest BCUT2D eigenvalue weighted by Crippen LogP contribution is 2.50. The van der Waals surface area contributed by atoms with Gasteiger partial charge in [0.2, 0.25) is 0 Å². The molecule has 4 aromatic rings. The van der Waals surface area contributed by atoms with Crippen LogP contribution in [0, 0.1) is 0 Å². The Labute approximate surface area is 271 Å². The van der Waals surface area contributed by atoms with E-state index < -0.39 is 71.9 Å². The molecule has 4 aromatic carbocycles. The second-order valence-corrected chi connectivity index (χ2v) is 11.1. The third kappa shape index (κ3) is 7.62. The lowest BCUT2D eigenvalue weighted by atomic mass is 9.84. The summed E-state index contributed by atoms with van der Waals surface area (Å²) in [6, 6.07) is 18.1. The fourth-order valence-corrected chi connectivity index (χ4v) is 5.35. The molecule has 1 aliphatic heterocycles.